The Hall–Kier alpha value is -1.03. The van der Waals surface area contributed by atoms with Crippen LogP contribution in [-0.4, -0.2) is 22.8 Å². The highest BCUT2D eigenvalue weighted by Gasteiger charge is 2.24. The summed E-state index contributed by atoms with van der Waals surface area (Å²) >= 11 is 12.2. The van der Waals surface area contributed by atoms with E-state index >= 15 is 0 Å². The number of aromatic nitrogens is 2. The van der Waals surface area contributed by atoms with Crippen LogP contribution in [0.1, 0.15) is 39.4 Å². The molecule has 24 heavy (non-hydrogen) atoms. The molecule has 0 N–H and O–H groups in total. The van der Waals surface area contributed by atoms with Gasteiger partial charge in [-0.05, 0) is 30.9 Å². The van der Waals surface area contributed by atoms with Gasteiger partial charge in [0.05, 0.1) is 15.7 Å². The Morgan fingerprint density at radius 2 is 1.88 bits per heavy atom. The average Bonchev–Trinajstić information content (AvgIpc) is 2.95. The van der Waals surface area contributed by atoms with Gasteiger partial charge in [0.25, 0.3) is 0 Å². The van der Waals surface area contributed by atoms with Crippen LogP contribution in [0.4, 0.5) is 0 Å². The molecule has 5 heteroatoms. The molecule has 130 valence electrons. The molecule has 2 heterocycles. The average molecular weight is 367 g/mol. The summed E-state index contributed by atoms with van der Waals surface area (Å²) < 4.78 is 7.80. The lowest BCUT2D eigenvalue weighted by Crippen LogP contribution is -2.24. The topological polar surface area (TPSA) is 27.1 Å². The predicted molar refractivity (Wildman–Crippen MR) is 99.9 cm³/mol. The monoisotopic (exact) mass is 366 g/mol. The van der Waals surface area contributed by atoms with E-state index in [-0.39, 0.29) is 5.41 Å². The number of hydrogen-bond acceptors (Lipinski definition) is 2. The number of imidazole rings is 1. The highest BCUT2D eigenvalue weighted by molar-refractivity contribution is 6.42. The van der Waals surface area contributed by atoms with Crippen molar-refractivity contribution in [2.75, 3.05) is 13.2 Å². The molecule has 0 aliphatic carbocycles. The van der Waals surface area contributed by atoms with Gasteiger partial charge in [-0.3, -0.25) is 0 Å². The first-order chi connectivity index (χ1) is 11.3. The SMILES string of the molecule is CC(C)(C)c1nc(-c2ccc(Cl)c(Cl)c2)cn1CC1CCOCC1. The summed E-state index contributed by atoms with van der Waals surface area (Å²) in [7, 11) is 0. The van der Waals surface area contributed by atoms with Crippen LogP contribution in [0.3, 0.4) is 0 Å². The summed E-state index contributed by atoms with van der Waals surface area (Å²) in [5.41, 5.74) is 1.94. The molecule has 1 aromatic heterocycles. The summed E-state index contributed by atoms with van der Waals surface area (Å²) in [5.74, 6) is 1.76. The van der Waals surface area contributed by atoms with Gasteiger partial charge in [-0.1, -0.05) is 50.0 Å². The van der Waals surface area contributed by atoms with Gasteiger partial charge in [-0.15, -0.1) is 0 Å². The molecule has 0 saturated carbocycles. The largest absolute Gasteiger partial charge is 0.381 e. The van der Waals surface area contributed by atoms with Gasteiger partial charge in [0.1, 0.15) is 5.82 Å². The quantitative estimate of drug-likeness (QED) is 0.708. The number of ether oxygens (including phenoxy) is 1. The molecule has 2 aromatic rings. The van der Waals surface area contributed by atoms with E-state index in [4.69, 9.17) is 32.9 Å². The first kappa shape index (κ1) is 17.8. The fourth-order valence-corrected chi connectivity index (χ4v) is 3.45. The first-order valence-corrected chi connectivity index (χ1v) is 9.21. The van der Waals surface area contributed by atoms with Crippen LogP contribution in [-0.2, 0) is 16.7 Å². The highest BCUT2D eigenvalue weighted by atomic mass is 35.5. The zero-order valence-electron chi connectivity index (χ0n) is 14.5. The maximum absolute atomic E-state index is 6.18. The minimum atomic E-state index is -0.0142. The first-order valence-electron chi connectivity index (χ1n) is 8.45. The van der Waals surface area contributed by atoms with E-state index < -0.39 is 0 Å². The van der Waals surface area contributed by atoms with Crippen molar-refractivity contribution in [2.45, 2.75) is 45.6 Å². The Morgan fingerprint density at radius 3 is 2.50 bits per heavy atom. The minimum absolute atomic E-state index is 0.0142. The molecule has 1 saturated heterocycles. The van der Waals surface area contributed by atoms with E-state index in [0.717, 1.165) is 49.7 Å². The number of nitrogens with zero attached hydrogens (tertiary/aromatic N) is 2. The van der Waals surface area contributed by atoms with E-state index in [1.54, 1.807) is 0 Å². The Kier molecular flexibility index (Phi) is 5.24. The molecule has 1 fully saturated rings. The summed E-state index contributed by atoms with van der Waals surface area (Å²) in [5, 5.41) is 1.13. The molecule has 1 aromatic carbocycles. The molecule has 0 spiro atoms. The third-order valence-electron chi connectivity index (χ3n) is 4.46. The molecule has 0 unspecified atom stereocenters. The van der Waals surface area contributed by atoms with Crippen molar-refractivity contribution in [3.8, 4) is 11.3 Å². The lowest BCUT2D eigenvalue weighted by Gasteiger charge is -2.25. The zero-order valence-corrected chi connectivity index (χ0v) is 16.0. The van der Waals surface area contributed by atoms with Gasteiger partial charge < -0.3 is 9.30 Å². The third kappa shape index (κ3) is 3.96. The standard InChI is InChI=1S/C19H24Cl2N2O/c1-19(2,3)18-22-17(14-4-5-15(20)16(21)10-14)12-23(18)11-13-6-8-24-9-7-13/h4-5,10,12-13H,6-9,11H2,1-3H3. The minimum Gasteiger partial charge on any atom is -0.381 e. The summed E-state index contributed by atoms with van der Waals surface area (Å²) in [6, 6.07) is 5.69. The summed E-state index contributed by atoms with van der Waals surface area (Å²) in [6.07, 6.45) is 4.38. The zero-order chi connectivity index (χ0) is 17.3. The van der Waals surface area contributed by atoms with E-state index in [0.29, 0.717) is 16.0 Å². The van der Waals surface area contributed by atoms with Crippen molar-refractivity contribution in [2.24, 2.45) is 5.92 Å². The van der Waals surface area contributed by atoms with Crippen LogP contribution in [0, 0.1) is 5.92 Å². The van der Waals surface area contributed by atoms with Gasteiger partial charge in [-0.2, -0.15) is 0 Å². The van der Waals surface area contributed by atoms with Crippen LogP contribution in [0.15, 0.2) is 24.4 Å². The number of hydrogen-bond donors (Lipinski definition) is 0. The van der Waals surface area contributed by atoms with Crippen molar-refractivity contribution in [3.05, 3.63) is 40.3 Å². The Labute approximate surface area is 153 Å². The van der Waals surface area contributed by atoms with E-state index in [1.165, 1.54) is 0 Å². The second-order valence-electron chi connectivity index (χ2n) is 7.54. The van der Waals surface area contributed by atoms with E-state index in [2.05, 4.69) is 31.5 Å². The molecule has 0 atom stereocenters. The maximum atomic E-state index is 6.18. The lowest BCUT2D eigenvalue weighted by atomic mass is 9.94. The normalized spacial score (nSPS) is 16.5. The molecule has 1 aliphatic heterocycles. The summed E-state index contributed by atoms with van der Waals surface area (Å²) in [4.78, 5) is 4.92. The fourth-order valence-electron chi connectivity index (χ4n) is 3.16. The van der Waals surface area contributed by atoms with Crippen molar-refractivity contribution in [3.63, 3.8) is 0 Å². The Balaban J connectivity index is 1.94. The number of halogens is 2. The van der Waals surface area contributed by atoms with Crippen LogP contribution in [0.25, 0.3) is 11.3 Å². The van der Waals surface area contributed by atoms with E-state index in [9.17, 15) is 0 Å². The number of rotatable bonds is 3. The third-order valence-corrected chi connectivity index (χ3v) is 5.20. The lowest BCUT2D eigenvalue weighted by molar-refractivity contribution is 0.0608. The molecular formula is C19H24Cl2N2O. The Bertz CT molecular complexity index is 713. The predicted octanol–water partition coefficient (Wildman–Crippen LogP) is 5.58. The van der Waals surface area contributed by atoms with Crippen LogP contribution in [0.5, 0.6) is 0 Å². The molecule has 0 bridgehead atoms. The molecular weight excluding hydrogens is 343 g/mol. The van der Waals surface area contributed by atoms with Gasteiger partial charge in [-0.25, -0.2) is 4.98 Å². The fraction of sp³-hybridized carbons (Fsp3) is 0.526. The molecule has 3 nitrogen and oxygen atoms in total. The van der Waals surface area contributed by atoms with Crippen LogP contribution in [0.2, 0.25) is 10.0 Å². The van der Waals surface area contributed by atoms with Crippen LogP contribution >= 0.6 is 23.2 Å². The molecule has 1 aliphatic rings. The Morgan fingerprint density at radius 1 is 1.17 bits per heavy atom. The number of benzene rings is 1. The van der Waals surface area contributed by atoms with Gasteiger partial charge in [0.15, 0.2) is 0 Å². The second kappa shape index (κ2) is 7.07. The van der Waals surface area contributed by atoms with Crippen molar-refractivity contribution < 1.29 is 4.74 Å². The van der Waals surface area contributed by atoms with Crippen molar-refractivity contribution in [1.82, 2.24) is 9.55 Å². The van der Waals surface area contributed by atoms with E-state index in [1.807, 2.05) is 18.2 Å². The molecule has 0 amide bonds. The second-order valence-corrected chi connectivity index (χ2v) is 8.35. The highest BCUT2D eigenvalue weighted by Crippen LogP contribution is 2.31. The van der Waals surface area contributed by atoms with Gasteiger partial charge >= 0.3 is 0 Å². The molecule has 3 rings (SSSR count). The maximum Gasteiger partial charge on any atom is 0.114 e. The van der Waals surface area contributed by atoms with Gasteiger partial charge in [0.2, 0.25) is 0 Å². The smallest absolute Gasteiger partial charge is 0.114 e. The van der Waals surface area contributed by atoms with Crippen LogP contribution < -0.4 is 0 Å². The summed E-state index contributed by atoms with van der Waals surface area (Å²) in [6.45, 7) is 9.33. The van der Waals surface area contributed by atoms with Crippen molar-refractivity contribution in [1.29, 1.82) is 0 Å². The van der Waals surface area contributed by atoms with Crippen molar-refractivity contribution >= 4 is 23.2 Å². The van der Waals surface area contributed by atoms with Gasteiger partial charge in [0, 0.05) is 36.9 Å². The molecule has 0 radical (unpaired) electrons.